The number of aromatic nitrogens is 1. The molecule has 4 nitrogen and oxygen atoms in total. The first kappa shape index (κ1) is 12.0. The Bertz CT molecular complexity index is 430. The first-order valence-electron chi connectivity index (χ1n) is 5.68. The SMILES string of the molecule is CC1CC(CN)(C(=O)Nc2cncc(F)c2)C1. The van der Waals surface area contributed by atoms with Gasteiger partial charge in [-0.1, -0.05) is 6.92 Å². The van der Waals surface area contributed by atoms with E-state index in [1.807, 2.05) is 0 Å². The quantitative estimate of drug-likeness (QED) is 0.837. The molecule has 0 saturated heterocycles. The Morgan fingerprint density at radius 2 is 2.35 bits per heavy atom. The Balaban J connectivity index is 2.06. The van der Waals surface area contributed by atoms with Gasteiger partial charge in [-0.05, 0) is 18.8 Å². The number of anilines is 1. The molecule has 3 N–H and O–H groups in total. The maximum absolute atomic E-state index is 12.9. The van der Waals surface area contributed by atoms with E-state index in [-0.39, 0.29) is 5.91 Å². The van der Waals surface area contributed by atoms with Crippen LogP contribution in [0.5, 0.6) is 0 Å². The summed E-state index contributed by atoms with van der Waals surface area (Å²) in [4.78, 5) is 15.7. The summed E-state index contributed by atoms with van der Waals surface area (Å²) in [6, 6.07) is 1.25. The number of nitrogens with zero attached hydrogens (tertiary/aromatic N) is 1. The van der Waals surface area contributed by atoms with E-state index in [0.29, 0.717) is 18.2 Å². The molecule has 0 aromatic carbocycles. The fourth-order valence-electron chi connectivity index (χ4n) is 2.46. The van der Waals surface area contributed by atoms with Crippen molar-refractivity contribution in [1.29, 1.82) is 0 Å². The van der Waals surface area contributed by atoms with E-state index in [4.69, 9.17) is 5.73 Å². The summed E-state index contributed by atoms with van der Waals surface area (Å²) in [5.41, 5.74) is 5.56. The van der Waals surface area contributed by atoms with Crippen molar-refractivity contribution >= 4 is 11.6 Å². The van der Waals surface area contributed by atoms with Gasteiger partial charge < -0.3 is 11.1 Å². The molecule has 0 aliphatic heterocycles. The largest absolute Gasteiger partial charge is 0.329 e. The zero-order valence-electron chi connectivity index (χ0n) is 9.74. The van der Waals surface area contributed by atoms with Crippen molar-refractivity contribution in [2.45, 2.75) is 19.8 Å². The monoisotopic (exact) mass is 237 g/mol. The lowest BCUT2D eigenvalue weighted by Gasteiger charge is -2.44. The van der Waals surface area contributed by atoms with Crippen LogP contribution in [0.3, 0.4) is 0 Å². The van der Waals surface area contributed by atoms with Crippen LogP contribution in [-0.4, -0.2) is 17.4 Å². The number of rotatable bonds is 3. The molecule has 1 aromatic rings. The predicted octanol–water partition coefficient (Wildman–Crippen LogP) is 1.53. The Morgan fingerprint density at radius 1 is 1.65 bits per heavy atom. The molecule has 92 valence electrons. The second kappa shape index (κ2) is 4.41. The van der Waals surface area contributed by atoms with Gasteiger partial charge in [0.2, 0.25) is 5.91 Å². The Kier molecular flexibility index (Phi) is 3.11. The van der Waals surface area contributed by atoms with E-state index in [2.05, 4.69) is 17.2 Å². The Morgan fingerprint density at radius 3 is 2.88 bits per heavy atom. The van der Waals surface area contributed by atoms with Crippen molar-refractivity contribution in [2.24, 2.45) is 17.1 Å². The maximum atomic E-state index is 12.9. The highest BCUT2D eigenvalue weighted by Gasteiger charge is 2.47. The lowest BCUT2D eigenvalue weighted by molar-refractivity contribution is -0.132. The molecule has 1 aromatic heterocycles. The van der Waals surface area contributed by atoms with E-state index in [1.54, 1.807) is 0 Å². The van der Waals surface area contributed by atoms with Gasteiger partial charge in [0, 0.05) is 12.6 Å². The van der Waals surface area contributed by atoms with Crippen LogP contribution in [0, 0.1) is 17.2 Å². The lowest BCUT2D eigenvalue weighted by atomic mass is 9.62. The summed E-state index contributed by atoms with van der Waals surface area (Å²) in [6.07, 6.45) is 4.10. The van der Waals surface area contributed by atoms with Gasteiger partial charge in [0.1, 0.15) is 5.82 Å². The summed E-state index contributed by atoms with van der Waals surface area (Å²) in [7, 11) is 0. The number of hydrogen-bond acceptors (Lipinski definition) is 3. The molecule has 1 heterocycles. The Hall–Kier alpha value is -1.49. The minimum Gasteiger partial charge on any atom is -0.329 e. The average molecular weight is 237 g/mol. The van der Waals surface area contributed by atoms with Gasteiger partial charge in [-0.25, -0.2) is 4.39 Å². The number of amides is 1. The summed E-state index contributed by atoms with van der Waals surface area (Å²) in [5, 5.41) is 2.68. The molecule has 0 bridgehead atoms. The molecule has 0 spiro atoms. The predicted molar refractivity (Wildman–Crippen MR) is 62.7 cm³/mol. The van der Waals surface area contributed by atoms with Gasteiger partial charge in [0.25, 0.3) is 0 Å². The van der Waals surface area contributed by atoms with Crippen LogP contribution in [0.2, 0.25) is 0 Å². The molecule has 1 amide bonds. The summed E-state index contributed by atoms with van der Waals surface area (Å²) < 4.78 is 12.9. The lowest BCUT2D eigenvalue weighted by Crippen LogP contribution is -2.51. The van der Waals surface area contributed by atoms with Crippen molar-refractivity contribution in [3.63, 3.8) is 0 Å². The third-order valence-corrected chi connectivity index (χ3v) is 3.31. The maximum Gasteiger partial charge on any atom is 0.231 e. The molecule has 2 rings (SSSR count). The Labute approximate surface area is 99.4 Å². The second-order valence-electron chi connectivity index (χ2n) is 4.84. The van der Waals surface area contributed by atoms with Crippen molar-refractivity contribution in [2.75, 3.05) is 11.9 Å². The van der Waals surface area contributed by atoms with Crippen LogP contribution < -0.4 is 11.1 Å². The molecule has 5 heteroatoms. The molecule has 0 atom stereocenters. The van der Waals surface area contributed by atoms with Crippen LogP contribution >= 0.6 is 0 Å². The third-order valence-electron chi connectivity index (χ3n) is 3.31. The van der Waals surface area contributed by atoms with Crippen molar-refractivity contribution in [3.05, 3.63) is 24.3 Å². The number of nitrogens with one attached hydrogen (secondary N) is 1. The van der Waals surface area contributed by atoms with Gasteiger partial charge >= 0.3 is 0 Å². The minimum atomic E-state index is -0.480. The molecule has 17 heavy (non-hydrogen) atoms. The van der Waals surface area contributed by atoms with E-state index in [0.717, 1.165) is 19.0 Å². The molecular formula is C12H16FN3O. The molecule has 1 aliphatic carbocycles. The van der Waals surface area contributed by atoms with Crippen LogP contribution in [0.15, 0.2) is 18.5 Å². The van der Waals surface area contributed by atoms with Crippen molar-refractivity contribution in [1.82, 2.24) is 4.98 Å². The zero-order valence-corrected chi connectivity index (χ0v) is 9.74. The number of nitrogens with two attached hydrogens (primary N) is 1. The zero-order chi connectivity index (χ0) is 12.5. The molecule has 1 aliphatic rings. The number of pyridine rings is 1. The van der Waals surface area contributed by atoms with Crippen LogP contribution in [0.1, 0.15) is 19.8 Å². The van der Waals surface area contributed by atoms with Crippen LogP contribution in [-0.2, 0) is 4.79 Å². The second-order valence-corrected chi connectivity index (χ2v) is 4.84. The number of halogens is 1. The minimum absolute atomic E-state index is 0.134. The smallest absolute Gasteiger partial charge is 0.231 e. The van der Waals surface area contributed by atoms with Gasteiger partial charge in [0.15, 0.2) is 0 Å². The third kappa shape index (κ3) is 2.29. The van der Waals surface area contributed by atoms with Crippen LogP contribution in [0.4, 0.5) is 10.1 Å². The molecule has 0 unspecified atom stereocenters. The summed E-state index contributed by atoms with van der Waals surface area (Å²) >= 11 is 0. The molecular weight excluding hydrogens is 221 g/mol. The standard InChI is InChI=1S/C12H16FN3O/c1-8-3-12(4-8,7-14)11(17)16-10-2-9(13)5-15-6-10/h2,5-6,8H,3-4,7,14H2,1H3,(H,16,17). The van der Waals surface area contributed by atoms with Crippen molar-refractivity contribution in [3.8, 4) is 0 Å². The van der Waals surface area contributed by atoms with E-state index in [9.17, 15) is 9.18 Å². The van der Waals surface area contributed by atoms with E-state index in [1.165, 1.54) is 12.3 Å². The van der Waals surface area contributed by atoms with Crippen molar-refractivity contribution < 1.29 is 9.18 Å². The van der Waals surface area contributed by atoms with Gasteiger partial charge in [-0.15, -0.1) is 0 Å². The first-order valence-corrected chi connectivity index (χ1v) is 5.68. The average Bonchev–Trinajstić information content (AvgIpc) is 2.24. The van der Waals surface area contributed by atoms with Gasteiger partial charge in [-0.2, -0.15) is 0 Å². The summed E-state index contributed by atoms with van der Waals surface area (Å²) in [6.45, 7) is 2.41. The molecule has 0 radical (unpaired) electrons. The van der Waals surface area contributed by atoms with E-state index < -0.39 is 11.2 Å². The van der Waals surface area contributed by atoms with E-state index >= 15 is 0 Å². The highest BCUT2D eigenvalue weighted by molar-refractivity contribution is 5.96. The first-order chi connectivity index (χ1) is 8.05. The summed E-state index contributed by atoms with van der Waals surface area (Å²) in [5.74, 6) is -0.0768. The molecule has 1 saturated carbocycles. The highest BCUT2D eigenvalue weighted by Crippen LogP contribution is 2.45. The molecule has 1 fully saturated rings. The normalized spacial score (nSPS) is 27.4. The number of carbonyl (C=O) groups is 1. The fourth-order valence-corrected chi connectivity index (χ4v) is 2.46. The highest BCUT2D eigenvalue weighted by atomic mass is 19.1. The fraction of sp³-hybridized carbons (Fsp3) is 0.500. The van der Waals surface area contributed by atoms with Crippen LogP contribution in [0.25, 0.3) is 0 Å². The number of hydrogen-bond donors (Lipinski definition) is 2. The topological polar surface area (TPSA) is 68.0 Å². The number of carbonyl (C=O) groups excluding carboxylic acids is 1. The van der Waals surface area contributed by atoms with Gasteiger partial charge in [0.05, 0.1) is 23.5 Å². The van der Waals surface area contributed by atoms with Gasteiger partial charge in [-0.3, -0.25) is 9.78 Å².